The summed E-state index contributed by atoms with van der Waals surface area (Å²) in [7, 11) is 0. The van der Waals surface area contributed by atoms with E-state index in [2.05, 4.69) is 5.73 Å². The van der Waals surface area contributed by atoms with Crippen LogP contribution in [0.2, 0.25) is 0 Å². The summed E-state index contributed by atoms with van der Waals surface area (Å²) in [4.78, 5) is 23.4. The van der Waals surface area contributed by atoms with E-state index in [-0.39, 0.29) is 16.7 Å². The lowest BCUT2D eigenvalue weighted by Crippen LogP contribution is -2.48. The van der Waals surface area contributed by atoms with Crippen molar-refractivity contribution in [2.75, 3.05) is 6.54 Å². The van der Waals surface area contributed by atoms with Gasteiger partial charge in [-0.15, -0.1) is 0 Å². The van der Waals surface area contributed by atoms with Crippen LogP contribution in [0.4, 0.5) is 0 Å². The average molecular weight is 378 g/mol. The standard InChI is InChI=1S/C20H12O5.C2H7N/c21-11-5-7-15-17(9-11)25-18-10-12(22)6-8-16(18)19(15)13-3-1-2-4-14(13)20(23)24;1-2-3/h1-10,21H,(H,23,24);2-3H2,1H3/p+1. The van der Waals surface area contributed by atoms with Crippen molar-refractivity contribution in [1.29, 1.82) is 0 Å². The topological polar surface area (TPSA) is 115 Å². The normalized spacial score (nSPS) is 10.5. The molecule has 28 heavy (non-hydrogen) atoms. The van der Waals surface area contributed by atoms with E-state index in [0.717, 1.165) is 6.54 Å². The Kier molecular flexibility index (Phi) is 5.42. The molecule has 0 bridgehead atoms. The van der Waals surface area contributed by atoms with Gasteiger partial charge < -0.3 is 20.4 Å². The van der Waals surface area contributed by atoms with Crippen LogP contribution in [0.5, 0.6) is 5.75 Å². The second-order valence-electron chi connectivity index (χ2n) is 6.17. The fourth-order valence-corrected chi connectivity index (χ4v) is 3.04. The van der Waals surface area contributed by atoms with E-state index in [9.17, 15) is 19.8 Å². The van der Waals surface area contributed by atoms with Gasteiger partial charge in [-0.2, -0.15) is 0 Å². The minimum Gasteiger partial charge on any atom is -0.508 e. The molecular weight excluding hydrogens is 358 g/mol. The molecule has 1 aliphatic carbocycles. The Bertz CT molecular complexity index is 1180. The van der Waals surface area contributed by atoms with Gasteiger partial charge >= 0.3 is 5.97 Å². The van der Waals surface area contributed by atoms with E-state index in [1.165, 1.54) is 30.3 Å². The monoisotopic (exact) mass is 378 g/mol. The number of fused-ring (bicyclic) bond motifs is 2. The van der Waals surface area contributed by atoms with Crippen LogP contribution < -0.4 is 11.2 Å². The zero-order valence-electron chi connectivity index (χ0n) is 15.3. The Balaban J connectivity index is 0.000000706. The zero-order valence-corrected chi connectivity index (χ0v) is 15.3. The van der Waals surface area contributed by atoms with Crippen LogP contribution in [-0.2, 0) is 0 Å². The number of benzene rings is 3. The van der Waals surface area contributed by atoms with E-state index in [1.807, 2.05) is 6.92 Å². The molecule has 6 heteroatoms. The third kappa shape index (κ3) is 3.58. The summed E-state index contributed by atoms with van der Waals surface area (Å²) in [5.74, 6) is -0.691. The Labute approximate surface area is 160 Å². The molecule has 0 spiro atoms. The lowest BCUT2D eigenvalue weighted by Gasteiger charge is -2.16. The quantitative estimate of drug-likeness (QED) is 0.463. The number of quaternary nitrogens is 1. The van der Waals surface area contributed by atoms with Crippen molar-refractivity contribution in [1.82, 2.24) is 0 Å². The molecule has 0 amide bonds. The lowest BCUT2D eigenvalue weighted by molar-refractivity contribution is -0.361. The lowest BCUT2D eigenvalue weighted by atomic mass is 9.91. The average Bonchev–Trinajstić information content (AvgIpc) is 2.66. The van der Waals surface area contributed by atoms with Gasteiger partial charge in [0.25, 0.3) is 0 Å². The van der Waals surface area contributed by atoms with Gasteiger partial charge in [0.05, 0.1) is 12.1 Å². The molecule has 1 aliphatic heterocycles. The van der Waals surface area contributed by atoms with Crippen molar-refractivity contribution in [3.63, 3.8) is 0 Å². The number of aromatic carboxylic acids is 1. The van der Waals surface area contributed by atoms with Gasteiger partial charge in [-0.1, -0.05) is 18.2 Å². The third-order valence-corrected chi connectivity index (χ3v) is 4.10. The number of hydrogen-bond donors (Lipinski definition) is 3. The summed E-state index contributed by atoms with van der Waals surface area (Å²) in [5, 5.41) is 19.9. The first kappa shape index (κ1) is 19.1. The van der Waals surface area contributed by atoms with Crippen LogP contribution in [0.1, 0.15) is 17.3 Å². The van der Waals surface area contributed by atoms with Crippen LogP contribution in [0.3, 0.4) is 0 Å². The van der Waals surface area contributed by atoms with Gasteiger partial charge in [0.2, 0.25) is 0 Å². The number of carbonyl (C=O) groups is 1. The summed E-state index contributed by atoms with van der Waals surface area (Å²) in [6.45, 7) is 3.01. The minimum atomic E-state index is -1.04. The van der Waals surface area contributed by atoms with Crippen LogP contribution >= 0.6 is 0 Å². The molecule has 4 rings (SSSR count). The van der Waals surface area contributed by atoms with E-state index < -0.39 is 5.97 Å². The van der Waals surface area contributed by atoms with Crippen molar-refractivity contribution in [2.24, 2.45) is 0 Å². The fourth-order valence-electron chi connectivity index (χ4n) is 3.04. The van der Waals surface area contributed by atoms with Gasteiger partial charge in [0, 0.05) is 28.6 Å². The summed E-state index contributed by atoms with van der Waals surface area (Å²) in [6.07, 6.45) is 0. The molecule has 6 nitrogen and oxygen atoms in total. The number of phenolic OH excluding ortho intramolecular Hbond substituents is 1. The Morgan fingerprint density at radius 3 is 2.46 bits per heavy atom. The van der Waals surface area contributed by atoms with Crippen LogP contribution in [-0.4, -0.2) is 22.7 Å². The van der Waals surface area contributed by atoms with E-state index in [0.29, 0.717) is 33.4 Å². The number of rotatable bonds is 2. The largest absolute Gasteiger partial charge is 0.508 e. The fraction of sp³-hybridized carbons (Fsp3) is 0.0909. The van der Waals surface area contributed by atoms with Crippen molar-refractivity contribution in [3.05, 3.63) is 76.5 Å². The zero-order chi connectivity index (χ0) is 20.3. The molecule has 5 N–H and O–H groups in total. The summed E-state index contributed by atoms with van der Waals surface area (Å²) in [5.41, 5.74) is 5.59. The minimum absolute atomic E-state index is 0.0198. The van der Waals surface area contributed by atoms with Crippen molar-refractivity contribution >= 4 is 16.9 Å². The van der Waals surface area contributed by atoms with Crippen molar-refractivity contribution < 1.29 is 25.2 Å². The highest BCUT2D eigenvalue weighted by atomic mass is 16.4. The maximum absolute atomic E-state index is 11.7. The second-order valence-corrected chi connectivity index (χ2v) is 6.17. The van der Waals surface area contributed by atoms with Gasteiger partial charge in [-0.25, -0.2) is 4.79 Å². The Morgan fingerprint density at radius 2 is 1.75 bits per heavy atom. The maximum Gasteiger partial charge on any atom is 0.336 e. The van der Waals surface area contributed by atoms with E-state index in [1.54, 1.807) is 30.3 Å². The molecule has 0 atom stereocenters. The van der Waals surface area contributed by atoms with E-state index in [4.69, 9.17) is 4.42 Å². The molecule has 0 radical (unpaired) electrons. The van der Waals surface area contributed by atoms with Gasteiger partial charge in [-0.05, 0) is 42.8 Å². The molecule has 2 aliphatic rings. The summed E-state index contributed by atoms with van der Waals surface area (Å²) < 4.78 is 5.76. The van der Waals surface area contributed by atoms with Crippen LogP contribution in [0.25, 0.3) is 33.4 Å². The van der Waals surface area contributed by atoms with E-state index >= 15 is 0 Å². The smallest absolute Gasteiger partial charge is 0.336 e. The molecule has 0 saturated carbocycles. The highest BCUT2D eigenvalue weighted by molar-refractivity contribution is 6.07. The predicted octanol–water partition coefficient (Wildman–Crippen LogP) is 3.22. The highest BCUT2D eigenvalue weighted by Crippen LogP contribution is 2.41. The molecular formula is C22H20NO5+. The SMILES string of the molecule is CC[NH3+].O=C(O)c1ccccc1-c1c2ccc(=O)cc-2oc2cc(O)ccc12. The van der Waals surface area contributed by atoms with Crippen molar-refractivity contribution in [3.8, 4) is 28.2 Å². The molecule has 2 aromatic rings. The highest BCUT2D eigenvalue weighted by Gasteiger charge is 2.21. The van der Waals surface area contributed by atoms with Crippen molar-refractivity contribution in [2.45, 2.75) is 6.92 Å². The van der Waals surface area contributed by atoms with Crippen LogP contribution in [0, 0.1) is 0 Å². The van der Waals surface area contributed by atoms with Gasteiger partial charge in [0.15, 0.2) is 5.43 Å². The van der Waals surface area contributed by atoms with Gasteiger partial charge in [0.1, 0.15) is 17.1 Å². The molecule has 0 unspecified atom stereocenters. The summed E-state index contributed by atoms with van der Waals surface area (Å²) in [6, 6.07) is 15.7. The number of carboxylic acid groups (broad SMARTS) is 1. The maximum atomic E-state index is 11.7. The molecule has 0 saturated heterocycles. The molecule has 2 aromatic carbocycles. The molecule has 0 fully saturated rings. The first-order valence-corrected chi connectivity index (χ1v) is 8.77. The van der Waals surface area contributed by atoms with Gasteiger partial charge in [-0.3, -0.25) is 4.79 Å². The molecule has 0 aromatic heterocycles. The first-order valence-electron chi connectivity index (χ1n) is 8.77. The number of carboxylic acids is 1. The Hall–Kier alpha value is -3.64. The third-order valence-electron chi connectivity index (χ3n) is 4.10. The predicted molar refractivity (Wildman–Crippen MR) is 107 cm³/mol. The number of aromatic hydroxyl groups is 1. The first-order chi connectivity index (χ1) is 13.5. The summed E-state index contributed by atoms with van der Waals surface area (Å²) >= 11 is 0. The number of hydrogen-bond acceptors (Lipinski definition) is 4. The molecule has 1 heterocycles. The second kappa shape index (κ2) is 7.94. The van der Waals surface area contributed by atoms with Crippen LogP contribution in [0.15, 0.2) is 69.9 Å². The molecule has 142 valence electrons. The number of phenols is 1. The Morgan fingerprint density at radius 1 is 1.04 bits per heavy atom.